The van der Waals surface area contributed by atoms with Crippen LogP contribution in [0.2, 0.25) is 0 Å². The number of carbonyl (C=O) groups is 1. The second kappa shape index (κ2) is 10.5. The fourth-order valence-electron chi connectivity index (χ4n) is 3.83. The molecule has 0 spiro atoms. The number of sulfone groups is 1. The largest absolute Gasteiger partial charge is 0.495 e. The Morgan fingerprint density at radius 2 is 1.72 bits per heavy atom. The SMILES string of the molecule is COc1cc(S(C)(=O)=O)ccc1Nc1nc2ccc(-c3ccc(NC(=O)Cc4ccc(F)cc4)cc3)nn2n1. The molecule has 3 aromatic carbocycles. The molecular formula is C27H23FN6O4S. The maximum absolute atomic E-state index is 13.1. The van der Waals surface area contributed by atoms with Crippen molar-refractivity contribution < 1.29 is 22.3 Å². The molecule has 5 aromatic rings. The number of hydrogen-bond acceptors (Lipinski definition) is 8. The van der Waals surface area contributed by atoms with Crippen molar-refractivity contribution in [1.82, 2.24) is 19.8 Å². The minimum Gasteiger partial charge on any atom is -0.495 e. The molecule has 0 aliphatic heterocycles. The normalized spacial score (nSPS) is 11.4. The van der Waals surface area contributed by atoms with Crippen molar-refractivity contribution in [3.8, 4) is 17.0 Å². The molecule has 1 amide bonds. The summed E-state index contributed by atoms with van der Waals surface area (Å²) in [5.41, 5.74) is 3.77. The van der Waals surface area contributed by atoms with E-state index in [-0.39, 0.29) is 29.0 Å². The lowest BCUT2D eigenvalue weighted by molar-refractivity contribution is -0.115. The van der Waals surface area contributed by atoms with Gasteiger partial charge in [-0.05, 0) is 54.1 Å². The van der Waals surface area contributed by atoms with Crippen LogP contribution < -0.4 is 15.4 Å². The van der Waals surface area contributed by atoms with Crippen molar-refractivity contribution in [3.05, 3.63) is 90.2 Å². The van der Waals surface area contributed by atoms with E-state index >= 15 is 0 Å². The zero-order valence-corrected chi connectivity index (χ0v) is 21.7. The first kappa shape index (κ1) is 25.8. The fourth-order valence-corrected chi connectivity index (χ4v) is 4.47. The Morgan fingerprint density at radius 1 is 0.974 bits per heavy atom. The molecule has 198 valence electrons. The van der Waals surface area contributed by atoms with Crippen LogP contribution in [0.1, 0.15) is 5.56 Å². The third-order valence-corrected chi connectivity index (χ3v) is 6.91. The molecule has 0 fully saturated rings. The van der Waals surface area contributed by atoms with E-state index < -0.39 is 9.84 Å². The molecule has 2 N–H and O–H groups in total. The van der Waals surface area contributed by atoms with Crippen LogP contribution in [0.4, 0.5) is 21.7 Å². The zero-order valence-electron chi connectivity index (χ0n) is 20.9. The molecule has 0 atom stereocenters. The third-order valence-electron chi connectivity index (χ3n) is 5.80. The third kappa shape index (κ3) is 6.02. The zero-order chi connectivity index (χ0) is 27.6. The maximum Gasteiger partial charge on any atom is 0.249 e. The van der Waals surface area contributed by atoms with Crippen molar-refractivity contribution in [2.75, 3.05) is 24.0 Å². The van der Waals surface area contributed by atoms with Crippen molar-refractivity contribution in [1.29, 1.82) is 0 Å². The average Bonchev–Trinajstić information content (AvgIpc) is 3.31. The average molecular weight is 547 g/mol. The van der Waals surface area contributed by atoms with Crippen molar-refractivity contribution >= 4 is 38.7 Å². The lowest BCUT2D eigenvalue weighted by Crippen LogP contribution is -2.14. The Balaban J connectivity index is 1.29. The Kier molecular flexibility index (Phi) is 6.94. The first-order valence-corrected chi connectivity index (χ1v) is 13.6. The summed E-state index contributed by atoms with van der Waals surface area (Å²) >= 11 is 0. The summed E-state index contributed by atoms with van der Waals surface area (Å²) in [6, 6.07) is 21.0. The van der Waals surface area contributed by atoms with Gasteiger partial charge < -0.3 is 15.4 Å². The smallest absolute Gasteiger partial charge is 0.249 e. The molecule has 0 unspecified atom stereocenters. The quantitative estimate of drug-likeness (QED) is 0.295. The number of ether oxygens (including phenoxy) is 1. The van der Waals surface area contributed by atoms with Gasteiger partial charge in [0.25, 0.3) is 0 Å². The van der Waals surface area contributed by atoms with Gasteiger partial charge in [0.15, 0.2) is 15.5 Å². The highest BCUT2D eigenvalue weighted by atomic mass is 32.2. The first-order valence-electron chi connectivity index (χ1n) is 11.7. The van der Waals surface area contributed by atoms with Crippen LogP contribution >= 0.6 is 0 Å². The lowest BCUT2D eigenvalue weighted by Gasteiger charge is -2.10. The fraction of sp³-hybridized carbons (Fsp3) is 0.111. The molecule has 0 radical (unpaired) electrons. The highest BCUT2D eigenvalue weighted by molar-refractivity contribution is 7.90. The Bertz CT molecular complexity index is 1770. The number of fused-ring (bicyclic) bond motifs is 1. The number of nitrogens with zero attached hydrogens (tertiary/aromatic N) is 4. The number of halogens is 1. The van der Waals surface area contributed by atoms with Gasteiger partial charge in [-0.15, -0.1) is 14.8 Å². The number of nitrogens with one attached hydrogen (secondary N) is 2. The van der Waals surface area contributed by atoms with Crippen molar-refractivity contribution in [3.63, 3.8) is 0 Å². The molecule has 12 heteroatoms. The van der Waals surface area contributed by atoms with Gasteiger partial charge in [0.05, 0.1) is 29.8 Å². The number of carbonyl (C=O) groups excluding carboxylic acids is 1. The topological polar surface area (TPSA) is 128 Å². The molecule has 0 aliphatic carbocycles. The molecule has 2 aromatic heterocycles. The van der Waals surface area contributed by atoms with Gasteiger partial charge in [-0.25, -0.2) is 12.8 Å². The minimum atomic E-state index is -3.39. The van der Waals surface area contributed by atoms with Crippen LogP contribution in [0.3, 0.4) is 0 Å². The molecule has 0 saturated carbocycles. The predicted octanol–water partition coefficient (Wildman–Crippen LogP) is 4.27. The van der Waals surface area contributed by atoms with E-state index in [4.69, 9.17) is 4.74 Å². The summed E-state index contributed by atoms with van der Waals surface area (Å²) in [5, 5.41) is 14.8. The second-order valence-electron chi connectivity index (χ2n) is 8.69. The lowest BCUT2D eigenvalue weighted by atomic mass is 10.1. The maximum atomic E-state index is 13.1. The van der Waals surface area contributed by atoms with Gasteiger partial charge in [0, 0.05) is 23.6 Å². The minimum absolute atomic E-state index is 0.136. The van der Waals surface area contributed by atoms with E-state index in [1.807, 2.05) is 12.1 Å². The standard InChI is InChI=1S/C27H23FN6O4S/c1-38-24-16-21(39(2,36)37)11-12-23(24)30-27-31-25-14-13-22(32-34(25)33-27)18-5-9-20(10-6-18)29-26(35)15-17-3-7-19(28)8-4-17/h3-14,16H,15H2,1-2H3,(H,29,35)(H,30,33). The molecule has 10 nitrogen and oxygen atoms in total. The summed E-state index contributed by atoms with van der Waals surface area (Å²) in [7, 11) is -1.94. The van der Waals surface area contributed by atoms with E-state index in [0.29, 0.717) is 34.0 Å². The van der Waals surface area contributed by atoms with Gasteiger partial charge in [-0.2, -0.15) is 4.98 Å². The molecule has 39 heavy (non-hydrogen) atoms. The summed E-state index contributed by atoms with van der Waals surface area (Å²) in [6.45, 7) is 0. The Morgan fingerprint density at radius 3 is 2.41 bits per heavy atom. The van der Waals surface area contributed by atoms with Gasteiger partial charge in [-0.3, -0.25) is 4.79 Å². The van der Waals surface area contributed by atoms with E-state index in [1.165, 1.54) is 36.0 Å². The van der Waals surface area contributed by atoms with Gasteiger partial charge in [-0.1, -0.05) is 24.3 Å². The highest BCUT2D eigenvalue weighted by Gasteiger charge is 2.14. The number of anilines is 3. The molecule has 2 heterocycles. The van der Waals surface area contributed by atoms with E-state index in [9.17, 15) is 17.6 Å². The summed E-state index contributed by atoms with van der Waals surface area (Å²) in [6.07, 6.45) is 1.26. The molecule has 0 bridgehead atoms. The molecule has 0 aliphatic rings. The van der Waals surface area contributed by atoms with Crippen LogP contribution in [0, 0.1) is 5.82 Å². The van der Waals surface area contributed by atoms with Crippen molar-refractivity contribution in [2.45, 2.75) is 11.3 Å². The van der Waals surface area contributed by atoms with E-state index in [2.05, 4.69) is 25.8 Å². The van der Waals surface area contributed by atoms with E-state index in [1.54, 1.807) is 42.5 Å². The number of methoxy groups -OCH3 is 1. The number of benzene rings is 3. The van der Waals surface area contributed by atoms with Crippen LogP contribution in [-0.2, 0) is 21.1 Å². The Labute approximate surface area is 223 Å². The van der Waals surface area contributed by atoms with Gasteiger partial charge in [0.2, 0.25) is 11.9 Å². The van der Waals surface area contributed by atoms with Crippen LogP contribution in [-0.4, -0.2) is 47.5 Å². The molecular weight excluding hydrogens is 523 g/mol. The number of amides is 1. The molecule has 0 saturated heterocycles. The Hall–Kier alpha value is -4.84. The second-order valence-corrected chi connectivity index (χ2v) is 10.7. The highest BCUT2D eigenvalue weighted by Crippen LogP contribution is 2.29. The number of rotatable bonds is 8. The van der Waals surface area contributed by atoms with Crippen LogP contribution in [0.15, 0.2) is 83.8 Å². The van der Waals surface area contributed by atoms with Crippen LogP contribution in [0.5, 0.6) is 5.75 Å². The number of hydrogen-bond donors (Lipinski definition) is 2. The molecule has 5 rings (SSSR count). The number of aromatic nitrogens is 4. The summed E-state index contributed by atoms with van der Waals surface area (Å²) < 4.78 is 43.4. The van der Waals surface area contributed by atoms with Gasteiger partial charge >= 0.3 is 0 Å². The van der Waals surface area contributed by atoms with E-state index in [0.717, 1.165) is 11.8 Å². The van der Waals surface area contributed by atoms with Crippen LogP contribution in [0.25, 0.3) is 16.9 Å². The summed E-state index contributed by atoms with van der Waals surface area (Å²) in [4.78, 5) is 16.9. The van der Waals surface area contributed by atoms with Gasteiger partial charge in [0.1, 0.15) is 11.6 Å². The predicted molar refractivity (Wildman–Crippen MR) is 144 cm³/mol. The first-order chi connectivity index (χ1) is 18.7. The van der Waals surface area contributed by atoms with Crippen molar-refractivity contribution in [2.24, 2.45) is 0 Å². The monoisotopic (exact) mass is 546 g/mol. The summed E-state index contributed by atoms with van der Waals surface area (Å²) in [5.74, 6) is 0.0278.